The van der Waals surface area contributed by atoms with Gasteiger partial charge in [0.2, 0.25) is 5.95 Å². The minimum atomic E-state index is -0.0672. The van der Waals surface area contributed by atoms with Crippen LogP contribution in [0.1, 0.15) is 19.8 Å². The molecule has 0 aliphatic heterocycles. The Balaban J connectivity index is 2.50. The molecule has 1 unspecified atom stereocenters. The van der Waals surface area contributed by atoms with Crippen molar-refractivity contribution in [3.05, 3.63) is 18.2 Å². The van der Waals surface area contributed by atoms with Crippen molar-refractivity contribution < 1.29 is 9.84 Å². The van der Waals surface area contributed by atoms with Gasteiger partial charge in [0.25, 0.3) is 0 Å². The average molecular weight is 276 g/mol. The highest BCUT2D eigenvalue weighted by Gasteiger charge is 2.14. The number of methoxy groups -OCH3 is 1. The van der Waals surface area contributed by atoms with Gasteiger partial charge >= 0.3 is 0 Å². The van der Waals surface area contributed by atoms with Crippen LogP contribution in [0.5, 0.6) is 5.75 Å². The molecule has 0 fully saturated rings. The first-order valence-corrected chi connectivity index (χ1v) is 6.67. The number of hydrogen-bond donors (Lipinski definition) is 3. The van der Waals surface area contributed by atoms with Crippen molar-refractivity contribution in [2.45, 2.75) is 25.8 Å². The zero-order chi connectivity index (χ0) is 14.5. The lowest BCUT2D eigenvalue weighted by molar-refractivity contribution is 0.268. The number of hydrogen-bond acceptors (Lipinski definition) is 6. The molecule has 2 rings (SSSR count). The summed E-state index contributed by atoms with van der Waals surface area (Å²) in [4.78, 5) is 8.45. The van der Waals surface area contributed by atoms with Gasteiger partial charge in [-0.3, -0.25) is 0 Å². The Morgan fingerprint density at radius 1 is 1.40 bits per heavy atom. The Morgan fingerprint density at radius 2 is 2.20 bits per heavy atom. The highest BCUT2D eigenvalue weighted by atomic mass is 16.5. The van der Waals surface area contributed by atoms with Gasteiger partial charge in [0.1, 0.15) is 11.6 Å². The number of nitrogens with zero attached hydrogens (tertiary/aromatic N) is 2. The van der Waals surface area contributed by atoms with Crippen LogP contribution < -0.4 is 15.8 Å². The number of aliphatic hydroxyl groups excluding tert-OH is 1. The Morgan fingerprint density at radius 3 is 2.85 bits per heavy atom. The number of aliphatic hydroxyl groups is 1. The number of anilines is 2. The summed E-state index contributed by atoms with van der Waals surface area (Å²) in [6, 6.07) is 5.49. The maximum Gasteiger partial charge on any atom is 0.222 e. The molecular weight excluding hydrogens is 256 g/mol. The van der Waals surface area contributed by atoms with Gasteiger partial charge in [0, 0.05) is 0 Å². The molecule has 0 amide bonds. The third-order valence-corrected chi connectivity index (χ3v) is 3.12. The van der Waals surface area contributed by atoms with Gasteiger partial charge in [0.15, 0.2) is 0 Å². The fourth-order valence-electron chi connectivity index (χ4n) is 2.20. The molecule has 1 aromatic heterocycles. The van der Waals surface area contributed by atoms with Crippen molar-refractivity contribution in [2.24, 2.45) is 0 Å². The molecule has 0 aliphatic carbocycles. The number of nitrogens with two attached hydrogens (primary N) is 1. The predicted molar refractivity (Wildman–Crippen MR) is 79.9 cm³/mol. The number of fused-ring (bicyclic) bond motifs is 1. The Bertz CT molecular complexity index is 589. The fraction of sp³-hybridized carbons (Fsp3) is 0.429. The van der Waals surface area contributed by atoms with Crippen LogP contribution in [0.2, 0.25) is 0 Å². The normalized spacial score (nSPS) is 12.3. The molecule has 0 aliphatic rings. The standard InChI is InChI=1S/C14H20N4O2/c1-3-5-9(8-19)16-13-12-10(17-14(15)18-13)6-4-7-11(12)20-2/h4,6-7,9,19H,3,5,8H2,1-2H3,(H3,15,16,17,18). The molecule has 6 heteroatoms. The predicted octanol–water partition coefficient (Wildman–Crippen LogP) is 1.79. The van der Waals surface area contributed by atoms with Crippen molar-refractivity contribution in [2.75, 3.05) is 24.8 Å². The molecule has 0 saturated heterocycles. The van der Waals surface area contributed by atoms with Crippen LogP contribution >= 0.6 is 0 Å². The van der Waals surface area contributed by atoms with Gasteiger partial charge in [-0.15, -0.1) is 0 Å². The van der Waals surface area contributed by atoms with E-state index in [9.17, 15) is 5.11 Å². The zero-order valence-corrected chi connectivity index (χ0v) is 11.8. The Hall–Kier alpha value is -2.08. The minimum absolute atomic E-state index is 0.0361. The van der Waals surface area contributed by atoms with E-state index in [2.05, 4.69) is 22.2 Å². The molecule has 0 bridgehead atoms. The number of benzene rings is 1. The van der Waals surface area contributed by atoms with Crippen molar-refractivity contribution in [1.29, 1.82) is 0 Å². The number of rotatable bonds is 6. The van der Waals surface area contributed by atoms with E-state index in [4.69, 9.17) is 10.5 Å². The van der Waals surface area contributed by atoms with Crippen LogP contribution in [0.25, 0.3) is 10.9 Å². The van der Waals surface area contributed by atoms with E-state index in [1.807, 2.05) is 18.2 Å². The van der Waals surface area contributed by atoms with Crippen LogP contribution in [-0.4, -0.2) is 34.8 Å². The summed E-state index contributed by atoms with van der Waals surface area (Å²) < 4.78 is 5.36. The summed E-state index contributed by atoms with van der Waals surface area (Å²) in [6.07, 6.45) is 1.81. The van der Waals surface area contributed by atoms with Crippen LogP contribution in [0.3, 0.4) is 0 Å². The molecule has 20 heavy (non-hydrogen) atoms. The lowest BCUT2D eigenvalue weighted by Gasteiger charge is -2.18. The van der Waals surface area contributed by atoms with E-state index in [-0.39, 0.29) is 18.6 Å². The molecule has 0 radical (unpaired) electrons. The maximum atomic E-state index is 9.42. The van der Waals surface area contributed by atoms with Crippen molar-refractivity contribution in [3.8, 4) is 5.75 Å². The second-order valence-corrected chi connectivity index (χ2v) is 4.60. The van der Waals surface area contributed by atoms with Gasteiger partial charge in [-0.2, -0.15) is 4.98 Å². The van der Waals surface area contributed by atoms with Crippen molar-refractivity contribution >= 4 is 22.7 Å². The highest BCUT2D eigenvalue weighted by Crippen LogP contribution is 2.31. The molecule has 1 heterocycles. The second-order valence-electron chi connectivity index (χ2n) is 4.60. The van der Waals surface area contributed by atoms with Gasteiger partial charge in [0.05, 0.1) is 30.7 Å². The largest absolute Gasteiger partial charge is 0.496 e. The van der Waals surface area contributed by atoms with Crippen LogP contribution in [-0.2, 0) is 0 Å². The zero-order valence-electron chi connectivity index (χ0n) is 11.8. The molecule has 6 nitrogen and oxygen atoms in total. The van der Waals surface area contributed by atoms with E-state index in [1.54, 1.807) is 7.11 Å². The lowest BCUT2D eigenvalue weighted by Crippen LogP contribution is -2.24. The summed E-state index contributed by atoms with van der Waals surface area (Å²) in [5.74, 6) is 1.47. The van der Waals surface area contributed by atoms with Crippen LogP contribution in [0.4, 0.5) is 11.8 Å². The number of ether oxygens (including phenoxy) is 1. The van der Waals surface area contributed by atoms with Crippen molar-refractivity contribution in [3.63, 3.8) is 0 Å². The summed E-state index contributed by atoms with van der Waals surface area (Å²) in [5.41, 5.74) is 6.46. The van der Waals surface area contributed by atoms with E-state index in [0.29, 0.717) is 17.1 Å². The Kier molecular flexibility index (Phi) is 4.57. The summed E-state index contributed by atoms with van der Waals surface area (Å²) in [7, 11) is 1.60. The van der Waals surface area contributed by atoms with E-state index in [0.717, 1.165) is 18.2 Å². The van der Waals surface area contributed by atoms with E-state index >= 15 is 0 Å². The number of nitrogens with one attached hydrogen (secondary N) is 1. The summed E-state index contributed by atoms with van der Waals surface area (Å²) in [6.45, 7) is 2.10. The van der Waals surface area contributed by atoms with Crippen LogP contribution in [0, 0.1) is 0 Å². The minimum Gasteiger partial charge on any atom is -0.496 e. The van der Waals surface area contributed by atoms with Gasteiger partial charge in [-0.25, -0.2) is 4.98 Å². The van der Waals surface area contributed by atoms with Gasteiger partial charge in [-0.1, -0.05) is 19.4 Å². The van der Waals surface area contributed by atoms with Crippen molar-refractivity contribution in [1.82, 2.24) is 9.97 Å². The van der Waals surface area contributed by atoms with Gasteiger partial charge < -0.3 is 20.9 Å². The third-order valence-electron chi connectivity index (χ3n) is 3.12. The first kappa shape index (κ1) is 14.3. The lowest BCUT2D eigenvalue weighted by atomic mass is 10.1. The first-order chi connectivity index (χ1) is 9.69. The molecule has 2 aromatic rings. The average Bonchev–Trinajstić information content (AvgIpc) is 2.45. The fourth-order valence-corrected chi connectivity index (χ4v) is 2.20. The highest BCUT2D eigenvalue weighted by molar-refractivity contribution is 5.95. The maximum absolute atomic E-state index is 9.42. The molecule has 4 N–H and O–H groups in total. The van der Waals surface area contributed by atoms with Gasteiger partial charge in [-0.05, 0) is 18.6 Å². The molecule has 0 saturated carbocycles. The van der Waals surface area contributed by atoms with E-state index < -0.39 is 0 Å². The first-order valence-electron chi connectivity index (χ1n) is 6.67. The quantitative estimate of drug-likeness (QED) is 0.745. The van der Waals surface area contributed by atoms with E-state index in [1.165, 1.54) is 0 Å². The Labute approximate surface area is 118 Å². The molecule has 108 valence electrons. The number of nitrogen functional groups attached to an aromatic ring is 1. The SMILES string of the molecule is CCCC(CO)Nc1nc(N)nc2cccc(OC)c12. The summed E-state index contributed by atoms with van der Waals surface area (Å²) in [5, 5.41) is 13.4. The summed E-state index contributed by atoms with van der Waals surface area (Å²) >= 11 is 0. The smallest absolute Gasteiger partial charge is 0.222 e. The number of aromatic nitrogens is 2. The molecule has 0 spiro atoms. The monoisotopic (exact) mass is 276 g/mol. The molecule has 1 aromatic carbocycles. The molecular formula is C14H20N4O2. The topological polar surface area (TPSA) is 93.3 Å². The van der Waals surface area contributed by atoms with Crippen LogP contribution in [0.15, 0.2) is 18.2 Å². The third kappa shape index (κ3) is 2.91. The second kappa shape index (κ2) is 6.38. The molecule has 1 atom stereocenters.